The molecular formula is C54H32N2O2. The van der Waals surface area contributed by atoms with E-state index in [1.165, 1.54) is 49.3 Å². The minimum Gasteiger partial charge on any atom is -0.456 e. The number of rotatable bonds is 4. The molecule has 0 saturated carbocycles. The average Bonchev–Trinajstić information content (AvgIpc) is 4.03. The maximum absolute atomic E-state index is 6.56. The summed E-state index contributed by atoms with van der Waals surface area (Å²) in [5, 5.41) is 9.41. The largest absolute Gasteiger partial charge is 0.456 e. The molecule has 9 aromatic carbocycles. The van der Waals surface area contributed by atoms with Crippen LogP contribution >= 0.6 is 0 Å². The zero-order valence-corrected chi connectivity index (χ0v) is 31.2. The van der Waals surface area contributed by atoms with E-state index in [-0.39, 0.29) is 0 Å². The molecule has 58 heavy (non-hydrogen) atoms. The number of fused-ring (bicyclic) bond motifs is 12. The van der Waals surface area contributed by atoms with Gasteiger partial charge in [-0.05, 0) is 95.1 Å². The number of para-hydroxylation sites is 3. The highest BCUT2D eigenvalue weighted by Crippen LogP contribution is 2.41. The van der Waals surface area contributed by atoms with E-state index in [0.29, 0.717) is 0 Å². The summed E-state index contributed by atoms with van der Waals surface area (Å²) >= 11 is 0. The predicted octanol–water partition coefficient (Wildman–Crippen LogP) is 15.0. The lowest BCUT2D eigenvalue weighted by Gasteiger charge is -2.10. The molecule has 4 heteroatoms. The number of nitrogens with zero attached hydrogens (tertiary/aromatic N) is 2. The van der Waals surface area contributed by atoms with Gasteiger partial charge < -0.3 is 18.0 Å². The topological polar surface area (TPSA) is 36.1 Å². The molecule has 270 valence electrons. The van der Waals surface area contributed by atoms with Gasteiger partial charge in [0, 0.05) is 66.6 Å². The molecule has 0 saturated heterocycles. The molecule has 0 aliphatic heterocycles. The monoisotopic (exact) mass is 740 g/mol. The molecule has 0 atom stereocenters. The molecule has 13 aromatic rings. The highest BCUT2D eigenvalue weighted by molar-refractivity contribution is 6.15. The van der Waals surface area contributed by atoms with Gasteiger partial charge in [-0.1, -0.05) is 109 Å². The van der Waals surface area contributed by atoms with Crippen LogP contribution in [-0.4, -0.2) is 9.13 Å². The van der Waals surface area contributed by atoms with Crippen molar-refractivity contribution in [1.82, 2.24) is 9.13 Å². The van der Waals surface area contributed by atoms with Gasteiger partial charge in [0.15, 0.2) is 0 Å². The second kappa shape index (κ2) is 11.8. The number of aromatic nitrogens is 2. The van der Waals surface area contributed by atoms with Crippen LogP contribution in [0, 0.1) is 0 Å². The Morgan fingerprint density at radius 1 is 0.276 bits per heavy atom. The van der Waals surface area contributed by atoms with Crippen LogP contribution in [0.4, 0.5) is 0 Å². The van der Waals surface area contributed by atoms with Crippen LogP contribution < -0.4 is 0 Å². The van der Waals surface area contributed by atoms with Crippen LogP contribution in [-0.2, 0) is 0 Å². The maximum Gasteiger partial charge on any atom is 0.137 e. The number of benzene rings is 9. The van der Waals surface area contributed by atoms with E-state index in [2.05, 4.69) is 191 Å². The summed E-state index contributed by atoms with van der Waals surface area (Å²) in [7, 11) is 0. The fourth-order valence-electron chi connectivity index (χ4n) is 9.53. The summed E-state index contributed by atoms with van der Waals surface area (Å²) in [5.74, 6) is 0. The van der Waals surface area contributed by atoms with Crippen LogP contribution in [0.3, 0.4) is 0 Å². The van der Waals surface area contributed by atoms with E-state index in [0.717, 1.165) is 71.8 Å². The summed E-state index contributed by atoms with van der Waals surface area (Å²) in [6, 6.07) is 69.5. The first-order valence-corrected chi connectivity index (χ1v) is 19.7. The van der Waals surface area contributed by atoms with E-state index < -0.39 is 0 Å². The quantitative estimate of drug-likeness (QED) is 0.180. The molecule has 0 amide bonds. The molecule has 0 N–H and O–H groups in total. The fourth-order valence-corrected chi connectivity index (χ4v) is 9.53. The molecule has 4 nitrogen and oxygen atoms in total. The Kier molecular flexibility index (Phi) is 6.41. The molecule has 0 spiro atoms. The molecule has 0 radical (unpaired) electrons. The fraction of sp³-hybridized carbons (Fsp3) is 0. The summed E-state index contributed by atoms with van der Waals surface area (Å²) in [6.45, 7) is 0. The normalized spacial score (nSPS) is 12.1. The Morgan fingerprint density at radius 2 is 0.776 bits per heavy atom. The van der Waals surface area contributed by atoms with Crippen molar-refractivity contribution >= 4 is 87.5 Å². The zero-order chi connectivity index (χ0) is 37.9. The molecule has 0 fully saturated rings. The van der Waals surface area contributed by atoms with Crippen molar-refractivity contribution in [3.05, 3.63) is 194 Å². The van der Waals surface area contributed by atoms with E-state index >= 15 is 0 Å². The van der Waals surface area contributed by atoms with Gasteiger partial charge in [-0.2, -0.15) is 0 Å². The third kappa shape index (κ3) is 4.45. The zero-order valence-electron chi connectivity index (χ0n) is 31.2. The van der Waals surface area contributed by atoms with Gasteiger partial charge in [0.25, 0.3) is 0 Å². The van der Waals surface area contributed by atoms with E-state index in [1.54, 1.807) is 0 Å². The highest BCUT2D eigenvalue weighted by Gasteiger charge is 2.19. The first kappa shape index (κ1) is 31.4. The number of furan rings is 2. The van der Waals surface area contributed by atoms with Crippen LogP contribution in [0.25, 0.3) is 121 Å². The van der Waals surface area contributed by atoms with Gasteiger partial charge in [0.2, 0.25) is 0 Å². The third-order valence-electron chi connectivity index (χ3n) is 12.1. The van der Waals surface area contributed by atoms with Crippen molar-refractivity contribution in [2.75, 3.05) is 0 Å². The van der Waals surface area contributed by atoms with Crippen molar-refractivity contribution in [2.45, 2.75) is 0 Å². The first-order chi connectivity index (χ1) is 28.7. The van der Waals surface area contributed by atoms with Gasteiger partial charge in [0.05, 0.1) is 22.1 Å². The molecule has 0 aliphatic carbocycles. The Hall–Kier alpha value is -7.82. The lowest BCUT2D eigenvalue weighted by molar-refractivity contribution is 0.668. The third-order valence-corrected chi connectivity index (χ3v) is 12.1. The summed E-state index contributed by atoms with van der Waals surface area (Å²) < 4.78 is 17.6. The number of hydrogen-bond acceptors (Lipinski definition) is 2. The Bertz CT molecular complexity index is 3800. The van der Waals surface area contributed by atoms with Crippen molar-refractivity contribution < 1.29 is 8.83 Å². The van der Waals surface area contributed by atoms with Gasteiger partial charge in [-0.3, -0.25) is 0 Å². The Balaban J connectivity index is 0.950. The summed E-state index contributed by atoms with van der Waals surface area (Å²) in [4.78, 5) is 0. The van der Waals surface area contributed by atoms with Gasteiger partial charge >= 0.3 is 0 Å². The molecule has 0 bridgehead atoms. The molecule has 4 aromatic heterocycles. The average molecular weight is 741 g/mol. The summed E-state index contributed by atoms with van der Waals surface area (Å²) in [6.07, 6.45) is 0. The van der Waals surface area contributed by atoms with Crippen molar-refractivity contribution in [3.8, 4) is 33.6 Å². The van der Waals surface area contributed by atoms with E-state index in [4.69, 9.17) is 8.83 Å². The SMILES string of the molecule is c1ccc(-c2cccc3oc4cc(-n5c6ccccc6c6cc(-c7ccc8c(c7)c7ccccc7n8-c7ccc8c(c7)oc7ccccc78)ccc65)ccc4c23)cc1. The molecule has 0 aliphatic rings. The minimum atomic E-state index is 0.878. The van der Waals surface area contributed by atoms with Gasteiger partial charge in [-0.25, -0.2) is 0 Å². The summed E-state index contributed by atoms with van der Waals surface area (Å²) in [5.41, 5.74) is 15.1. The van der Waals surface area contributed by atoms with Crippen LogP contribution in [0.15, 0.2) is 203 Å². The molecule has 0 unspecified atom stereocenters. The van der Waals surface area contributed by atoms with Crippen LogP contribution in [0.5, 0.6) is 0 Å². The highest BCUT2D eigenvalue weighted by atomic mass is 16.3. The van der Waals surface area contributed by atoms with Crippen molar-refractivity contribution in [3.63, 3.8) is 0 Å². The maximum atomic E-state index is 6.56. The second-order valence-electron chi connectivity index (χ2n) is 15.3. The lowest BCUT2D eigenvalue weighted by atomic mass is 9.99. The predicted molar refractivity (Wildman–Crippen MR) is 241 cm³/mol. The van der Waals surface area contributed by atoms with E-state index in [1.807, 2.05) is 12.1 Å². The van der Waals surface area contributed by atoms with Crippen LogP contribution in [0.1, 0.15) is 0 Å². The minimum absolute atomic E-state index is 0.878. The van der Waals surface area contributed by atoms with Gasteiger partial charge in [-0.15, -0.1) is 0 Å². The number of hydrogen-bond donors (Lipinski definition) is 0. The first-order valence-electron chi connectivity index (χ1n) is 19.7. The van der Waals surface area contributed by atoms with Crippen LogP contribution in [0.2, 0.25) is 0 Å². The van der Waals surface area contributed by atoms with Crippen molar-refractivity contribution in [2.24, 2.45) is 0 Å². The Labute approximate surface area is 332 Å². The lowest BCUT2D eigenvalue weighted by Crippen LogP contribution is -1.93. The Morgan fingerprint density at radius 3 is 1.45 bits per heavy atom. The van der Waals surface area contributed by atoms with Crippen molar-refractivity contribution in [1.29, 1.82) is 0 Å². The standard InChI is InChI=1S/C54H32N2O2/c1-2-11-33(12-3-1)38-16-10-20-51-54(38)43-26-24-37(32-53(43)58-51)56-47-18-8-5-14-40(47)45-30-35(22-28-49(45)56)34-21-27-48-44(29-34)39-13-4-7-17-46(39)55(48)36-23-25-42-41-15-6-9-19-50(41)57-52(42)31-36/h1-32H. The molecule has 13 rings (SSSR count). The second-order valence-corrected chi connectivity index (χ2v) is 15.3. The van der Waals surface area contributed by atoms with Gasteiger partial charge in [0.1, 0.15) is 22.3 Å². The van der Waals surface area contributed by atoms with E-state index in [9.17, 15) is 0 Å². The smallest absolute Gasteiger partial charge is 0.137 e. The molecular weight excluding hydrogens is 709 g/mol. The molecule has 4 heterocycles.